The molecule has 0 N–H and O–H groups in total. The number of rotatable bonds is 0. The summed E-state index contributed by atoms with van der Waals surface area (Å²) < 4.78 is 0. The summed E-state index contributed by atoms with van der Waals surface area (Å²) in [5, 5.41) is 0. The van der Waals surface area contributed by atoms with Gasteiger partial charge in [-0.05, 0) is 6.42 Å². The van der Waals surface area contributed by atoms with Crippen LogP contribution in [-0.4, -0.2) is 0 Å². The fourth-order valence-electron chi connectivity index (χ4n) is 0.393. The first kappa shape index (κ1) is 6.22. The summed E-state index contributed by atoms with van der Waals surface area (Å²) in [6.07, 6.45) is 9.50. The smallest absolute Gasteiger partial charge is 0 e. The molecule has 0 bridgehead atoms. The van der Waals surface area contributed by atoms with Crippen LogP contribution in [0, 0.1) is 0 Å². The van der Waals surface area contributed by atoms with Gasteiger partial charge in [-0.1, -0.05) is 24.3 Å². The summed E-state index contributed by atoms with van der Waals surface area (Å²) in [5.74, 6) is 0. The molecule has 0 unspecified atom stereocenters. The van der Waals surface area contributed by atoms with Crippen LogP contribution in [0.15, 0.2) is 24.3 Å². The van der Waals surface area contributed by atoms with Gasteiger partial charge >= 0.3 is 0 Å². The van der Waals surface area contributed by atoms with E-state index in [2.05, 4.69) is 24.3 Å². The molecule has 1 aliphatic rings. The van der Waals surface area contributed by atoms with Gasteiger partial charge in [-0.3, -0.25) is 0 Å². The Morgan fingerprint density at radius 3 is 1.67 bits per heavy atom. The van der Waals surface area contributed by atoms with E-state index < -0.39 is 0 Å². The molecule has 1 rings (SSSR count). The van der Waals surface area contributed by atoms with Crippen LogP contribution >= 0.6 is 0 Å². The Hall–Kier alpha value is 0.220. The number of hydrogen-bond donors (Lipinski definition) is 0. The monoisotopic (exact) mass is 263 g/mol. The third-order valence-corrected chi connectivity index (χ3v) is 0.655. The van der Waals surface area contributed by atoms with Crippen molar-refractivity contribution in [1.29, 1.82) is 0 Å². The van der Waals surface area contributed by atoms with E-state index in [0.717, 1.165) is 6.42 Å². The Balaban J connectivity index is 0.000000250. The van der Waals surface area contributed by atoms with Gasteiger partial charge in [0.1, 0.15) is 0 Å². The molecular formula is C5H6Au. The quantitative estimate of drug-likeness (QED) is 0.581. The minimum atomic E-state index is 0. The van der Waals surface area contributed by atoms with Crippen LogP contribution in [0.25, 0.3) is 0 Å². The molecule has 0 aliphatic heterocycles. The zero-order valence-corrected chi connectivity index (χ0v) is 5.48. The van der Waals surface area contributed by atoms with Crippen molar-refractivity contribution < 1.29 is 22.4 Å². The van der Waals surface area contributed by atoms with Crippen LogP contribution in [0.2, 0.25) is 0 Å². The SMILES string of the molecule is C1=CCC=C1.[Au]. The Labute approximate surface area is 53.4 Å². The maximum atomic E-state index is 2.12. The maximum Gasteiger partial charge on any atom is 0 e. The Morgan fingerprint density at radius 2 is 1.50 bits per heavy atom. The van der Waals surface area contributed by atoms with Crippen LogP contribution in [0.3, 0.4) is 0 Å². The second-order valence-corrected chi connectivity index (χ2v) is 1.09. The topological polar surface area (TPSA) is 0 Å². The molecule has 0 atom stereocenters. The first-order chi connectivity index (χ1) is 2.50. The molecule has 0 heterocycles. The van der Waals surface area contributed by atoms with Crippen molar-refractivity contribution in [3.05, 3.63) is 24.3 Å². The van der Waals surface area contributed by atoms with Gasteiger partial charge < -0.3 is 0 Å². The summed E-state index contributed by atoms with van der Waals surface area (Å²) in [6, 6.07) is 0. The Bertz CT molecular complexity index is 62.0. The molecule has 1 radical (unpaired) electrons. The van der Waals surface area contributed by atoms with Gasteiger partial charge in [-0.2, -0.15) is 0 Å². The van der Waals surface area contributed by atoms with Gasteiger partial charge in [-0.15, -0.1) is 0 Å². The van der Waals surface area contributed by atoms with E-state index in [9.17, 15) is 0 Å². The summed E-state index contributed by atoms with van der Waals surface area (Å²) in [7, 11) is 0. The van der Waals surface area contributed by atoms with Crippen molar-refractivity contribution >= 4 is 0 Å². The predicted molar refractivity (Wildman–Crippen MR) is 22.9 cm³/mol. The minimum Gasteiger partial charge on any atom is -0.0808 e. The van der Waals surface area contributed by atoms with Crippen LogP contribution in [0.4, 0.5) is 0 Å². The fraction of sp³-hybridized carbons (Fsp3) is 0.200. The van der Waals surface area contributed by atoms with E-state index in [1.165, 1.54) is 0 Å². The van der Waals surface area contributed by atoms with Gasteiger partial charge in [0, 0.05) is 22.4 Å². The third kappa shape index (κ3) is 1.61. The van der Waals surface area contributed by atoms with Crippen molar-refractivity contribution in [2.75, 3.05) is 0 Å². The van der Waals surface area contributed by atoms with Gasteiger partial charge in [0.15, 0.2) is 0 Å². The van der Waals surface area contributed by atoms with E-state index in [1.807, 2.05) is 0 Å². The molecule has 0 aromatic rings. The summed E-state index contributed by atoms with van der Waals surface area (Å²) in [4.78, 5) is 0. The number of allylic oxidation sites excluding steroid dienone is 4. The van der Waals surface area contributed by atoms with Crippen molar-refractivity contribution in [2.45, 2.75) is 6.42 Å². The van der Waals surface area contributed by atoms with Crippen LogP contribution < -0.4 is 0 Å². The summed E-state index contributed by atoms with van der Waals surface area (Å²) in [5.41, 5.74) is 0. The third-order valence-electron chi connectivity index (χ3n) is 0.655. The standard InChI is InChI=1S/C5H6.Au/c1-2-4-5-3-1;/h1-4H,5H2;. The summed E-state index contributed by atoms with van der Waals surface area (Å²) >= 11 is 0. The van der Waals surface area contributed by atoms with Crippen molar-refractivity contribution in [2.24, 2.45) is 0 Å². The average Bonchev–Trinajstić information content (AvgIpc) is 1.76. The van der Waals surface area contributed by atoms with Gasteiger partial charge in [0.25, 0.3) is 0 Å². The molecule has 0 fully saturated rings. The summed E-state index contributed by atoms with van der Waals surface area (Å²) in [6.45, 7) is 0. The largest absolute Gasteiger partial charge is 0.0808 e. The zero-order chi connectivity index (χ0) is 3.54. The van der Waals surface area contributed by atoms with E-state index >= 15 is 0 Å². The van der Waals surface area contributed by atoms with Crippen LogP contribution in [0.5, 0.6) is 0 Å². The zero-order valence-electron chi connectivity index (χ0n) is 3.32. The molecular weight excluding hydrogens is 257 g/mol. The molecule has 0 nitrogen and oxygen atoms in total. The van der Waals surface area contributed by atoms with E-state index in [1.54, 1.807) is 0 Å². The average molecular weight is 263 g/mol. The van der Waals surface area contributed by atoms with Crippen LogP contribution in [0.1, 0.15) is 6.42 Å². The molecule has 0 spiro atoms. The first-order valence-electron chi connectivity index (χ1n) is 1.82. The number of hydrogen-bond acceptors (Lipinski definition) is 0. The second kappa shape index (κ2) is 3.41. The molecule has 0 saturated heterocycles. The van der Waals surface area contributed by atoms with Crippen molar-refractivity contribution in [3.63, 3.8) is 0 Å². The van der Waals surface area contributed by atoms with Crippen molar-refractivity contribution in [1.82, 2.24) is 0 Å². The van der Waals surface area contributed by atoms with E-state index in [0.29, 0.717) is 0 Å². The van der Waals surface area contributed by atoms with Gasteiger partial charge in [-0.25, -0.2) is 0 Å². The van der Waals surface area contributed by atoms with Gasteiger partial charge in [0.2, 0.25) is 0 Å². The first-order valence-corrected chi connectivity index (χ1v) is 1.82. The van der Waals surface area contributed by atoms with Crippen molar-refractivity contribution in [3.8, 4) is 0 Å². The normalized spacial score (nSPS) is 14.7. The molecule has 37 valence electrons. The molecule has 0 aromatic carbocycles. The molecule has 0 saturated carbocycles. The maximum absolute atomic E-state index is 2.12. The Kier molecular flexibility index (Phi) is 3.54. The minimum absolute atomic E-state index is 0. The predicted octanol–water partition coefficient (Wildman–Crippen LogP) is 1.50. The molecule has 0 aromatic heterocycles. The Morgan fingerprint density at radius 1 is 1.00 bits per heavy atom. The fourth-order valence-corrected chi connectivity index (χ4v) is 0.393. The second-order valence-electron chi connectivity index (χ2n) is 1.09. The molecule has 6 heavy (non-hydrogen) atoms. The van der Waals surface area contributed by atoms with E-state index in [4.69, 9.17) is 0 Å². The molecule has 1 aliphatic carbocycles. The van der Waals surface area contributed by atoms with E-state index in [-0.39, 0.29) is 22.4 Å². The molecule has 1 heteroatoms. The van der Waals surface area contributed by atoms with Gasteiger partial charge in [0.05, 0.1) is 0 Å². The molecule has 0 amide bonds. The van der Waals surface area contributed by atoms with Crippen LogP contribution in [-0.2, 0) is 22.4 Å².